The highest BCUT2D eigenvalue weighted by atomic mass is 16.1. The first-order valence-corrected chi connectivity index (χ1v) is 9.44. The van der Waals surface area contributed by atoms with Gasteiger partial charge in [-0.3, -0.25) is 9.89 Å². The van der Waals surface area contributed by atoms with Gasteiger partial charge in [-0.1, -0.05) is 48.0 Å². The topological polar surface area (TPSA) is 86.5 Å². The molecule has 0 radical (unpaired) electrons. The predicted octanol–water partition coefficient (Wildman–Crippen LogP) is 4.34. The van der Waals surface area contributed by atoms with Gasteiger partial charge in [0.25, 0.3) is 5.91 Å². The second-order valence-electron chi connectivity index (χ2n) is 7.10. The van der Waals surface area contributed by atoms with E-state index in [0.29, 0.717) is 17.9 Å². The van der Waals surface area contributed by atoms with Gasteiger partial charge in [0.1, 0.15) is 5.69 Å². The summed E-state index contributed by atoms with van der Waals surface area (Å²) >= 11 is 0. The third-order valence-electron chi connectivity index (χ3n) is 5.01. The Balaban J connectivity index is 1.40. The number of para-hydroxylation sites is 1. The molecule has 0 fully saturated rings. The summed E-state index contributed by atoms with van der Waals surface area (Å²) in [6, 6.07) is 21.5. The molecule has 0 saturated carbocycles. The van der Waals surface area contributed by atoms with Crippen LogP contribution in [0.5, 0.6) is 0 Å². The molecule has 5 aromatic rings. The molecule has 1 amide bonds. The predicted molar refractivity (Wildman–Crippen MR) is 114 cm³/mol. The van der Waals surface area contributed by atoms with Crippen molar-refractivity contribution in [3.8, 4) is 11.5 Å². The van der Waals surface area contributed by atoms with Crippen LogP contribution in [-0.2, 0) is 6.54 Å². The van der Waals surface area contributed by atoms with Crippen LogP contribution in [0.4, 0.5) is 0 Å². The minimum Gasteiger partial charge on any atom is -0.348 e. The summed E-state index contributed by atoms with van der Waals surface area (Å²) in [7, 11) is 0. The maximum Gasteiger partial charge on any atom is 0.251 e. The van der Waals surface area contributed by atoms with E-state index in [1.807, 2.05) is 61.5 Å². The summed E-state index contributed by atoms with van der Waals surface area (Å²) < 4.78 is 0. The molecule has 29 heavy (non-hydrogen) atoms. The van der Waals surface area contributed by atoms with Crippen molar-refractivity contribution in [1.82, 2.24) is 25.5 Å². The van der Waals surface area contributed by atoms with E-state index in [0.717, 1.165) is 33.2 Å². The van der Waals surface area contributed by atoms with Crippen molar-refractivity contribution in [2.75, 3.05) is 0 Å². The first-order valence-electron chi connectivity index (χ1n) is 9.44. The molecule has 0 saturated heterocycles. The minimum absolute atomic E-state index is 0.123. The molecule has 0 unspecified atom stereocenters. The molecule has 0 aliphatic carbocycles. The summed E-state index contributed by atoms with van der Waals surface area (Å²) in [5, 5.41) is 11.4. The Kier molecular flexibility index (Phi) is 4.09. The van der Waals surface area contributed by atoms with Gasteiger partial charge in [-0.05, 0) is 36.8 Å². The Morgan fingerprint density at radius 3 is 2.69 bits per heavy atom. The summed E-state index contributed by atoms with van der Waals surface area (Å²) in [6.45, 7) is 2.53. The third kappa shape index (κ3) is 3.25. The Bertz CT molecular complexity index is 1330. The lowest BCUT2D eigenvalue weighted by Crippen LogP contribution is -2.22. The lowest BCUT2D eigenvalue weighted by molar-refractivity contribution is 0.0951. The van der Waals surface area contributed by atoms with Crippen molar-refractivity contribution in [3.63, 3.8) is 0 Å². The standard InChI is InChI=1S/C23H19N5O/c1-14-6-8-15(9-7-14)13-24-23(29)16-10-11-19-20(12-16)26-22(25-19)21-17-4-2-3-5-18(17)27-28-21/h2-12H,13H2,1H3,(H,24,29)(H,25,26)(H,27,28). The zero-order chi connectivity index (χ0) is 19.8. The molecular weight excluding hydrogens is 362 g/mol. The number of amides is 1. The molecule has 6 heteroatoms. The molecule has 0 aliphatic heterocycles. The van der Waals surface area contributed by atoms with E-state index in [4.69, 9.17) is 0 Å². The largest absolute Gasteiger partial charge is 0.348 e. The molecule has 0 spiro atoms. The molecule has 3 aromatic carbocycles. The van der Waals surface area contributed by atoms with Crippen LogP contribution < -0.4 is 5.32 Å². The fourth-order valence-corrected chi connectivity index (χ4v) is 3.39. The second kappa shape index (κ2) is 6.91. The number of hydrogen-bond donors (Lipinski definition) is 3. The summed E-state index contributed by atoms with van der Waals surface area (Å²) in [4.78, 5) is 20.5. The molecule has 3 N–H and O–H groups in total. The van der Waals surface area contributed by atoms with Crippen molar-refractivity contribution < 1.29 is 4.79 Å². The van der Waals surface area contributed by atoms with E-state index in [1.165, 1.54) is 5.56 Å². The molecule has 5 rings (SSSR count). The number of nitrogens with zero attached hydrogens (tertiary/aromatic N) is 2. The fourth-order valence-electron chi connectivity index (χ4n) is 3.39. The van der Waals surface area contributed by atoms with Gasteiger partial charge in [-0.2, -0.15) is 5.10 Å². The van der Waals surface area contributed by atoms with E-state index in [-0.39, 0.29) is 5.91 Å². The Morgan fingerprint density at radius 1 is 1.00 bits per heavy atom. The van der Waals surface area contributed by atoms with Crippen LogP contribution in [0.2, 0.25) is 0 Å². The monoisotopic (exact) mass is 381 g/mol. The number of benzene rings is 3. The molecule has 2 aromatic heterocycles. The van der Waals surface area contributed by atoms with E-state index >= 15 is 0 Å². The Morgan fingerprint density at radius 2 is 1.83 bits per heavy atom. The summed E-state index contributed by atoms with van der Waals surface area (Å²) in [6.07, 6.45) is 0. The van der Waals surface area contributed by atoms with Crippen LogP contribution in [0.15, 0.2) is 66.7 Å². The normalized spacial score (nSPS) is 11.2. The van der Waals surface area contributed by atoms with Gasteiger partial charge in [0.15, 0.2) is 5.82 Å². The average molecular weight is 381 g/mol. The molecule has 6 nitrogen and oxygen atoms in total. The van der Waals surface area contributed by atoms with Crippen LogP contribution in [0.25, 0.3) is 33.5 Å². The van der Waals surface area contributed by atoms with Gasteiger partial charge in [-0.25, -0.2) is 4.98 Å². The number of fused-ring (bicyclic) bond motifs is 2. The number of carbonyl (C=O) groups is 1. The molecule has 0 atom stereocenters. The van der Waals surface area contributed by atoms with Crippen molar-refractivity contribution in [1.29, 1.82) is 0 Å². The van der Waals surface area contributed by atoms with Crippen LogP contribution >= 0.6 is 0 Å². The molecule has 0 bridgehead atoms. The lowest BCUT2D eigenvalue weighted by Gasteiger charge is -2.06. The maximum absolute atomic E-state index is 12.6. The average Bonchev–Trinajstić information content (AvgIpc) is 3.36. The molecular formula is C23H19N5O. The number of hydrogen-bond acceptors (Lipinski definition) is 3. The molecule has 142 valence electrons. The third-order valence-corrected chi connectivity index (χ3v) is 5.01. The van der Waals surface area contributed by atoms with Crippen molar-refractivity contribution >= 4 is 27.8 Å². The van der Waals surface area contributed by atoms with E-state index in [2.05, 4.69) is 25.5 Å². The van der Waals surface area contributed by atoms with Gasteiger partial charge >= 0.3 is 0 Å². The number of aryl methyl sites for hydroxylation is 1. The minimum atomic E-state index is -0.123. The second-order valence-corrected chi connectivity index (χ2v) is 7.10. The highest BCUT2D eigenvalue weighted by molar-refractivity contribution is 5.98. The fraction of sp³-hybridized carbons (Fsp3) is 0.0870. The van der Waals surface area contributed by atoms with Gasteiger partial charge in [0, 0.05) is 17.5 Å². The van der Waals surface area contributed by atoms with Crippen LogP contribution in [0, 0.1) is 6.92 Å². The van der Waals surface area contributed by atoms with E-state index in [1.54, 1.807) is 12.1 Å². The summed E-state index contributed by atoms with van der Waals surface area (Å²) in [5.41, 5.74) is 6.16. The van der Waals surface area contributed by atoms with E-state index < -0.39 is 0 Å². The summed E-state index contributed by atoms with van der Waals surface area (Å²) in [5.74, 6) is 0.553. The highest BCUT2D eigenvalue weighted by Gasteiger charge is 2.14. The van der Waals surface area contributed by atoms with Gasteiger partial charge < -0.3 is 10.3 Å². The number of rotatable bonds is 4. The first-order chi connectivity index (χ1) is 14.2. The van der Waals surface area contributed by atoms with Crippen LogP contribution in [0.3, 0.4) is 0 Å². The molecule has 0 aliphatic rings. The number of aromatic amines is 2. The van der Waals surface area contributed by atoms with E-state index in [9.17, 15) is 4.79 Å². The highest BCUT2D eigenvalue weighted by Crippen LogP contribution is 2.26. The number of aromatic nitrogens is 4. The van der Waals surface area contributed by atoms with Gasteiger partial charge in [0.05, 0.1) is 16.6 Å². The van der Waals surface area contributed by atoms with Crippen molar-refractivity contribution in [2.24, 2.45) is 0 Å². The number of carbonyl (C=O) groups excluding carboxylic acids is 1. The maximum atomic E-state index is 12.6. The quantitative estimate of drug-likeness (QED) is 0.433. The zero-order valence-corrected chi connectivity index (χ0v) is 15.9. The van der Waals surface area contributed by atoms with Crippen LogP contribution in [0.1, 0.15) is 21.5 Å². The number of H-pyrrole nitrogens is 2. The van der Waals surface area contributed by atoms with Crippen molar-refractivity contribution in [2.45, 2.75) is 13.5 Å². The van der Waals surface area contributed by atoms with Crippen LogP contribution in [-0.4, -0.2) is 26.1 Å². The Labute approximate surface area is 167 Å². The smallest absolute Gasteiger partial charge is 0.251 e. The number of imidazole rings is 1. The van der Waals surface area contributed by atoms with Gasteiger partial charge in [0.2, 0.25) is 0 Å². The zero-order valence-electron chi connectivity index (χ0n) is 15.9. The SMILES string of the molecule is Cc1ccc(CNC(=O)c2ccc3[nH]c(-c4n[nH]c5ccccc45)nc3c2)cc1. The van der Waals surface area contributed by atoms with Crippen molar-refractivity contribution in [3.05, 3.63) is 83.4 Å². The molecule has 2 heterocycles. The first kappa shape index (κ1) is 17.2. The Hall–Kier alpha value is -3.93. The number of nitrogens with one attached hydrogen (secondary N) is 3. The van der Waals surface area contributed by atoms with Gasteiger partial charge in [-0.15, -0.1) is 0 Å². The lowest BCUT2D eigenvalue weighted by atomic mass is 10.1.